The third-order valence-corrected chi connectivity index (χ3v) is 7.84. The zero-order valence-electron chi connectivity index (χ0n) is 19.2. The molecule has 7 nitrogen and oxygen atoms in total. The van der Waals surface area contributed by atoms with Gasteiger partial charge in [0.15, 0.2) is 5.65 Å². The van der Waals surface area contributed by atoms with E-state index in [4.69, 9.17) is 15.2 Å². The number of halogens is 1. The van der Waals surface area contributed by atoms with Crippen LogP contribution in [0, 0.1) is 3.70 Å². The maximum absolute atomic E-state index is 13.1. The van der Waals surface area contributed by atoms with Crippen LogP contribution in [0.3, 0.4) is 0 Å². The molecule has 6 rings (SSSR count). The van der Waals surface area contributed by atoms with E-state index in [9.17, 15) is 4.79 Å². The maximum atomic E-state index is 13.1. The number of fused-ring (bicyclic) bond motifs is 2. The van der Waals surface area contributed by atoms with Crippen molar-refractivity contribution in [1.29, 1.82) is 0 Å². The minimum Gasteiger partial charge on any atom is -0.424 e. The Morgan fingerprint density at radius 2 is 1.86 bits per heavy atom. The number of hydrogen-bond acceptors (Lipinski definition) is 6. The Bertz CT molecular complexity index is 1630. The van der Waals surface area contributed by atoms with Crippen LogP contribution in [-0.4, -0.2) is 19.7 Å². The highest BCUT2D eigenvalue weighted by atomic mass is 127. The minimum absolute atomic E-state index is 0.363. The van der Waals surface area contributed by atoms with E-state index in [0.29, 0.717) is 37.6 Å². The van der Waals surface area contributed by atoms with E-state index in [-0.39, 0.29) is 5.63 Å². The van der Waals surface area contributed by atoms with Gasteiger partial charge in [0, 0.05) is 10.9 Å². The molecule has 1 unspecified atom stereocenters. The maximum Gasteiger partial charge on any atom is 0.343 e. The highest BCUT2D eigenvalue weighted by Crippen LogP contribution is 2.40. The largest absolute Gasteiger partial charge is 0.424 e. The van der Waals surface area contributed by atoms with E-state index in [1.807, 2.05) is 31.2 Å². The Morgan fingerprint density at radius 3 is 2.66 bits per heavy atom. The fraction of sp³-hybridized carbons (Fsp3) is 0.259. The molecule has 2 aromatic carbocycles. The standard InChI is InChI=1S/C27H24IN5O2/c1-15(33-26-22(24(28)32-33)25(29)30-14-31-26)23-21(19-11-4-5-12-20(19)27(34)35-23)18-10-6-9-17(13-18)16-7-2-3-8-16/h4-6,9-16H,2-3,7-8H2,1H3,(H2,29,30,31). The van der Waals surface area contributed by atoms with Crippen molar-refractivity contribution in [2.24, 2.45) is 0 Å². The zero-order chi connectivity index (χ0) is 24.1. The van der Waals surface area contributed by atoms with Crippen molar-refractivity contribution in [3.05, 3.63) is 80.3 Å². The number of aromatic nitrogens is 4. The van der Waals surface area contributed by atoms with Crippen LogP contribution in [0.25, 0.3) is 32.9 Å². The third kappa shape index (κ3) is 3.71. The summed E-state index contributed by atoms with van der Waals surface area (Å²) in [5, 5.41) is 6.85. The van der Waals surface area contributed by atoms with Crippen molar-refractivity contribution in [1.82, 2.24) is 19.7 Å². The second-order valence-electron chi connectivity index (χ2n) is 9.15. The van der Waals surface area contributed by atoms with Crippen LogP contribution in [0.15, 0.2) is 64.1 Å². The summed E-state index contributed by atoms with van der Waals surface area (Å²) in [7, 11) is 0. The van der Waals surface area contributed by atoms with E-state index in [2.05, 4.69) is 56.8 Å². The number of anilines is 1. The zero-order valence-corrected chi connectivity index (χ0v) is 21.4. The van der Waals surface area contributed by atoms with E-state index in [1.54, 1.807) is 4.68 Å². The number of hydrogen-bond donors (Lipinski definition) is 1. The summed E-state index contributed by atoms with van der Waals surface area (Å²) >= 11 is 2.14. The van der Waals surface area contributed by atoms with Crippen LogP contribution >= 0.6 is 22.6 Å². The minimum atomic E-state index is -0.405. The van der Waals surface area contributed by atoms with Crippen molar-refractivity contribution in [2.75, 3.05) is 5.73 Å². The Hall–Kier alpha value is -3.27. The predicted molar refractivity (Wildman–Crippen MR) is 145 cm³/mol. The number of nitrogen functional groups attached to an aromatic ring is 1. The summed E-state index contributed by atoms with van der Waals surface area (Å²) < 4.78 is 8.53. The number of nitrogens with zero attached hydrogens (tertiary/aromatic N) is 4. The van der Waals surface area contributed by atoms with Crippen molar-refractivity contribution in [2.45, 2.75) is 44.6 Å². The van der Waals surface area contributed by atoms with Gasteiger partial charge in [-0.15, -0.1) is 0 Å². The number of nitrogens with two attached hydrogens (primary N) is 1. The van der Waals surface area contributed by atoms with Crippen LogP contribution in [0.4, 0.5) is 5.82 Å². The molecule has 1 atom stereocenters. The van der Waals surface area contributed by atoms with Gasteiger partial charge in [0.05, 0.1) is 10.8 Å². The lowest BCUT2D eigenvalue weighted by Gasteiger charge is -2.19. The van der Waals surface area contributed by atoms with Gasteiger partial charge in [-0.25, -0.2) is 19.4 Å². The lowest BCUT2D eigenvalue weighted by Crippen LogP contribution is -2.14. The molecule has 3 aromatic heterocycles. The first kappa shape index (κ1) is 22.2. The van der Waals surface area contributed by atoms with Gasteiger partial charge in [-0.05, 0) is 65.5 Å². The Labute approximate surface area is 215 Å². The van der Waals surface area contributed by atoms with Gasteiger partial charge in [0.2, 0.25) is 0 Å². The van der Waals surface area contributed by atoms with Crippen LogP contribution < -0.4 is 11.4 Å². The van der Waals surface area contributed by atoms with Crippen LogP contribution in [0.2, 0.25) is 0 Å². The number of rotatable bonds is 4. The highest BCUT2D eigenvalue weighted by molar-refractivity contribution is 14.1. The summed E-state index contributed by atoms with van der Waals surface area (Å²) in [5.41, 5.74) is 9.66. The molecule has 0 saturated heterocycles. The SMILES string of the molecule is CC(c1oc(=O)c2ccccc2c1-c1cccc(C2CCCC2)c1)n1nc(I)c2c(N)ncnc21. The second-order valence-corrected chi connectivity index (χ2v) is 10.2. The molecule has 176 valence electrons. The smallest absolute Gasteiger partial charge is 0.343 e. The molecule has 35 heavy (non-hydrogen) atoms. The van der Waals surface area contributed by atoms with Gasteiger partial charge in [-0.3, -0.25) is 0 Å². The molecule has 1 saturated carbocycles. The van der Waals surface area contributed by atoms with Gasteiger partial charge in [0.25, 0.3) is 0 Å². The van der Waals surface area contributed by atoms with Crippen LogP contribution in [0.5, 0.6) is 0 Å². The Morgan fingerprint density at radius 1 is 1.09 bits per heavy atom. The van der Waals surface area contributed by atoms with E-state index < -0.39 is 6.04 Å². The van der Waals surface area contributed by atoms with Gasteiger partial charge >= 0.3 is 5.63 Å². The van der Waals surface area contributed by atoms with Gasteiger partial charge in [-0.2, -0.15) is 5.10 Å². The average molecular weight is 577 g/mol. The van der Waals surface area contributed by atoms with Crippen molar-refractivity contribution in [3.8, 4) is 11.1 Å². The summed E-state index contributed by atoms with van der Waals surface area (Å²) in [4.78, 5) is 21.6. The fourth-order valence-electron chi connectivity index (χ4n) is 5.35. The van der Waals surface area contributed by atoms with E-state index in [1.165, 1.54) is 37.6 Å². The molecule has 0 amide bonds. The molecule has 2 N–H and O–H groups in total. The molecular formula is C27H24IN5O2. The van der Waals surface area contributed by atoms with Crippen LogP contribution in [0.1, 0.15) is 55.9 Å². The van der Waals surface area contributed by atoms with Crippen LogP contribution in [-0.2, 0) is 0 Å². The highest BCUT2D eigenvalue weighted by Gasteiger charge is 2.26. The lowest BCUT2D eigenvalue weighted by molar-refractivity contribution is 0.404. The molecule has 0 spiro atoms. The summed E-state index contributed by atoms with van der Waals surface area (Å²) in [6, 6.07) is 15.9. The molecule has 0 radical (unpaired) electrons. The summed E-state index contributed by atoms with van der Waals surface area (Å²) in [5.74, 6) is 1.51. The Kier molecular flexibility index (Phi) is 5.55. The second kappa shape index (κ2) is 8.75. The number of benzene rings is 2. The van der Waals surface area contributed by atoms with Crippen molar-refractivity contribution < 1.29 is 4.42 Å². The topological polar surface area (TPSA) is 99.8 Å². The molecule has 5 aromatic rings. The van der Waals surface area contributed by atoms with Gasteiger partial charge in [0.1, 0.15) is 27.6 Å². The lowest BCUT2D eigenvalue weighted by atomic mass is 9.91. The molecule has 1 aliphatic carbocycles. The van der Waals surface area contributed by atoms with Gasteiger partial charge in [-0.1, -0.05) is 55.3 Å². The third-order valence-electron chi connectivity index (χ3n) is 7.09. The molecule has 3 heterocycles. The molecule has 1 fully saturated rings. The molecule has 8 heteroatoms. The van der Waals surface area contributed by atoms with Crippen molar-refractivity contribution >= 4 is 50.2 Å². The summed E-state index contributed by atoms with van der Waals surface area (Å²) in [6.07, 6.45) is 6.42. The van der Waals surface area contributed by atoms with Gasteiger partial charge < -0.3 is 10.2 Å². The first-order valence-electron chi connectivity index (χ1n) is 11.8. The molecule has 0 bridgehead atoms. The quantitative estimate of drug-likeness (QED) is 0.261. The first-order valence-corrected chi connectivity index (χ1v) is 12.9. The van der Waals surface area contributed by atoms with E-state index in [0.717, 1.165) is 16.5 Å². The average Bonchev–Trinajstić information content (AvgIpc) is 3.53. The monoisotopic (exact) mass is 577 g/mol. The van der Waals surface area contributed by atoms with Crippen molar-refractivity contribution in [3.63, 3.8) is 0 Å². The summed E-state index contributed by atoms with van der Waals surface area (Å²) in [6.45, 7) is 1.97. The Balaban J connectivity index is 1.61. The molecule has 1 aliphatic rings. The normalized spacial score (nSPS) is 15.3. The molecular weight excluding hydrogens is 553 g/mol. The predicted octanol–water partition coefficient (Wildman–Crippen LogP) is 6.05. The van der Waals surface area contributed by atoms with E-state index >= 15 is 0 Å². The molecule has 0 aliphatic heterocycles. The first-order chi connectivity index (χ1) is 17.0. The fourth-order valence-corrected chi connectivity index (χ4v) is 6.10.